The first kappa shape index (κ1) is 17.2. The van der Waals surface area contributed by atoms with Crippen LogP contribution in [0.15, 0.2) is 48.7 Å². The Morgan fingerprint density at radius 2 is 2.04 bits per heavy atom. The third-order valence-electron chi connectivity index (χ3n) is 3.98. The molecule has 0 bridgehead atoms. The number of rotatable bonds is 5. The fourth-order valence-corrected chi connectivity index (χ4v) is 2.95. The number of aryl methyl sites for hydroxylation is 1. The molecule has 0 aliphatic carbocycles. The van der Waals surface area contributed by atoms with Gasteiger partial charge in [0.25, 0.3) is 5.91 Å². The van der Waals surface area contributed by atoms with Crippen molar-refractivity contribution in [2.45, 2.75) is 20.5 Å². The van der Waals surface area contributed by atoms with Gasteiger partial charge in [-0.05, 0) is 37.6 Å². The number of pyridine rings is 1. The zero-order valence-electron chi connectivity index (χ0n) is 14.2. The molecule has 0 spiro atoms. The summed E-state index contributed by atoms with van der Waals surface area (Å²) in [7, 11) is 0. The molecule has 0 saturated carbocycles. The normalized spacial score (nSPS) is 10.7. The molecule has 0 saturated heterocycles. The lowest BCUT2D eigenvalue weighted by Crippen LogP contribution is -2.23. The van der Waals surface area contributed by atoms with Crippen LogP contribution in [0.3, 0.4) is 0 Å². The second kappa shape index (κ2) is 7.53. The Labute approximate surface area is 151 Å². The van der Waals surface area contributed by atoms with E-state index in [4.69, 9.17) is 16.3 Å². The molecule has 5 heteroatoms. The van der Waals surface area contributed by atoms with E-state index in [0.717, 1.165) is 22.0 Å². The molecule has 0 atom stereocenters. The zero-order valence-corrected chi connectivity index (χ0v) is 14.9. The molecule has 3 rings (SSSR count). The first-order valence-electron chi connectivity index (χ1n) is 8.14. The Balaban J connectivity index is 1.95. The highest BCUT2D eigenvalue weighted by atomic mass is 35.5. The molecule has 0 fully saturated rings. The standard InChI is InChI=1S/C20H19ClN2O2/c1-3-22-20(24)15-8-4-6-13(2)19(15)25-12-16-17(21)10-9-14-7-5-11-23-18(14)16/h4-11H,3,12H2,1-2H3,(H,22,24). The lowest BCUT2D eigenvalue weighted by molar-refractivity contribution is 0.0951. The summed E-state index contributed by atoms with van der Waals surface area (Å²) >= 11 is 6.36. The smallest absolute Gasteiger partial charge is 0.255 e. The maximum atomic E-state index is 12.3. The van der Waals surface area contributed by atoms with Crippen LogP contribution in [0.1, 0.15) is 28.4 Å². The number of ether oxygens (including phenoxy) is 1. The van der Waals surface area contributed by atoms with Crippen LogP contribution in [0.4, 0.5) is 0 Å². The van der Waals surface area contributed by atoms with E-state index in [1.165, 1.54) is 0 Å². The number of halogens is 1. The quantitative estimate of drug-likeness (QED) is 0.732. The van der Waals surface area contributed by atoms with Crippen LogP contribution in [0.5, 0.6) is 5.75 Å². The number of carbonyl (C=O) groups excluding carboxylic acids is 1. The van der Waals surface area contributed by atoms with Crippen LogP contribution >= 0.6 is 11.6 Å². The topological polar surface area (TPSA) is 51.2 Å². The first-order chi connectivity index (χ1) is 12.1. The first-order valence-corrected chi connectivity index (χ1v) is 8.52. The zero-order chi connectivity index (χ0) is 17.8. The number of fused-ring (bicyclic) bond motifs is 1. The van der Waals surface area contributed by atoms with Crippen LogP contribution in [-0.2, 0) is 6.61 Å². The van der Waals surface area contributed by atoms with Gasteiger partial charge in [-0.2, -0.15) is 0 Å². The van der Waals surface area contributed by atoms with E-state index in [1.807, 2.05) is 50.2 Å². The van der Waals surface area contributed by atoms with E-state index >= 15 is 0 Å². The van der Waals surface area contributed by atoms with Crippen molar-refractivity contribution in [2.24, 2.45) is 0 Å². The van der Waals surface area contributed by atoms with Crippen LogP contribution in [-0.4, -0.2) is 17.4 Å². The van der Waals surface area contributed by atoms with Gasteiger partial charge in [0.1, 0.15) is 12.4 Å². The molecule has 2 aromatic carbocycles. The van der Waals surface area contributed by atoms with Crippen LogP contribution in [0.2, 0.25) is 5.02 Å². The molecule has 1 heterocycles. The Kier molecular flexibility index (Phi) is 5.19. The van der Waals surface area contributed by atoms with Gasteiger partial charge < -0.3 is 10.1 Å². The number of amides is 1. The third kappa shape index (κ3) is 3.59. The molecule has 0 aliphatic rings. The molecule has 1 aromatic heterocycles. The Morgan fingerprint density at radius 3 is 2.84 bits per heavy atom. The number of aromatic nitrogens is 1. The van der Waals surface area contributed by atoms with Gasteiger partial charge >= 0.3 is 0 Å². The van der Waals surface area contributed by atoms with E-state index < -0.39 is 0 Å². The highest BCUT2D eigenvalue weighted by Crippen LogP contribution is 2.29. The molecule has 128 valence electrons. The summed E-state index contributed by atoms with van der Waals surface area (Å²) in [6.07, 6.45) is 1.73. The molecule has 0 unspecified atom stereocenters. The minimum Gasteiger partial charge on any atom is -0.488 e. The fraction of sp³-hybridized carbons (Fsp3) is 0.200. The van der Waals surface area contributed by atoms with E-state index in [2.05, 4.69) is 10.3 Å². The Hall–Kier alpha value is -2.59. The van der Waals surface area contributed by atoms with Gasteiger partial charge in [0.05, 0.1) is 11.1 Å². The number of para-hydroxylation sites is 1. The van der Waals surface area contributed by atoms with Gasteiger partial charge in [-0.25, -0.2) is 0 Å². The lowest BCUT2D eigenvalue weighted by Gasteiger charge is -2.15. The fourth-order valence-electron chi connectivity index (χ4n) is 2.74. The third-order valence-corrected chi connectivity index (χ3v) is 4.33. The molecule has 1 amide bonds. The van der Waals surface area contributed by atoms with Crippen molar-refractivity contribution in [3.63, 3.8) is 0 Å². The molecular weight excluding hydrogens is 336 g/mol. The summed E-state index contributed by atoms with van der Waals surface area (Å²) in [4.78, 5) is 16.7. The van der Waals surface area contributed by atoms with Crippen molar-refractivity contribution in [1.29, 1.82) is 0 Å². The van der Waals surface area contributed by atoms with Crippen molar-refractivity contribution >= 4 is 28.4 Å². The predicted octanol–water partition coefficient (Wildman–Crippen LogP) is 4.53. The van der Waals surface area contributed by atoms with Crippen LogP contribution in [0.25, 0.3) is 10.9 Å². The average Bonchev–Trinajstić information content (AvgIpc) is 2.62. The number of hydrogen-bond acceptors (Lipinski definition) is 3. The molecule has 0 radical (unpaired) electrons. The average molecular weight is 355 g/mol. The molecule has 1 N–H and O–H groups in total. The van der Waals surface area contributed by atoms with Gasteiger partial charge in [-0.1, -0.05) is 35.9 Å². The number of nitrogens with one attached hydrogen (secondary N) is 1. The van der Waals surface area contributed by atoms with E-state index in [9.17, 15) is 4.79 Å². The van der Waals surface area contributed by atoms with Gasteiger partial charge in [0.15, 0.2) is 0 Å². The van der Waals surface area contributed by atoms with Crippen LogP contribution < -0.4 is 10.1 Å². The van der Waals surface area contributed by atoms with Gasteiger partial charge in [-0.3, -0.25) is 9.78 Å². The van der Waals surface area contributed by atoms with Crippen molar-refractivity contribution in [2.75, 3.05) is 6.54 Å². The molecule has 0 aliphatic heterocycles. The number of hydrogen-bond donors (Lipinski definition) is 1. The Bertz CT molecular complexity index is 925. The second-order valence-corrected chi connectivity index (χ2v) is 6.11. The molecular formula is C20H19ClN2O2. The van der Waals surface area contributed by atoms with Crippen molar-refractivity contribution < 1.29 is 9.53 Å². The minimum absolute atomic E-state index is 0.150. The summed E-state index contributed by atoms with van der Waals surface area (Å²) < 4.78 is 6.03. The van der Waals surface area contributed by atoms with Crippen molar-refractivity contribution in [1.82, 2.24) is 10.3 Å². The number of benzene rings is 2. The van der Waals surface area contributed by atoms with Crippen LogP contribution in [0, 0.1) is 6.92 Å². The summed E-state index contributed by atoms with van der Waals surface area (Å²) in [5.41, 5.74) is 3.03. The number of nitrogens with zero attached hydrogens (tertiary/aromatic N) is 1. The number of carbonyl (C=O) groups is 1. The second-order valence-electron chi connectivity index (χ2n) is 5.70. The Morgan fingerprint density at radius 1 is 1.20 bits per heavy atom. The van der Waals surface area contributed by atoms with E-state index in [0.29, 0.717) is 22.9 Å². The van der Waals surface area contributed by atoms with Gasteiger partial charge in [0, 0.05) is 28.7 Å². The summed E-state index contributed by atoms with van der Waals surface area (Å²) in [5, 5.41) is 4.41. The summed E-state index contributed by atoms with van der Waals surface area (Å²) in [6, 6.07) is 13.2. The van der Waals surface area contributed by atoms with Gasteiger partial charge in [0.2, 0.25) is 0 Å². The van der Waals surface area contributed by atoms with E-state index in [1.54, 1.807) is 12.3 Å². The monoisotopic (exact) mass is 354 g/mol. The highest BCUT2D eigenvalue weighted by Gasteiger charge is 2.15. The minimum atomic E-state index is -0.150. The van der Waals surface area contributed by atoms with Crippen molar-refractivity contribution in [3.05, 3.63) is 70.4 Å². The van der Waals surface area contributed by atoms with E-state index in [-0.39, 0.29) is 12.5 Å². The molecule has 3 aromatic rings. The molecule has 4 nitrogen and oxygen atoms in total. The predicted molar refractivity (Wildman–Crippen MR) is 100 cm³/mol. The summed E-state index contributed by atoms with van der Waals surface area (Å²) in [5.74, 6) is 0.417. The summed E-state index contributed by atoms with van der Waals surface area (Å²) in [6.45, 7) is 4.60. The van der Waals surface area contributed by atoms with Gasteiger partial charge in [-0.15, -0.1) is 0 Å². The van der Waals surface area contributed by atoms with Crippen molar-refractivity contribution in [3.8, 4) is 5.75 Å². The highest BCUT2D eigenvalue weighted by molar-refractivity contribution is 6.32. The molecule has 25 heavy (non-hydrogen) atoms. The SMILES string of the molecule is CCNC(=O)c1cccc(C)c1OCc1c(Cl)ccc2cccnc12. The lowest BCUT2D eigenvalue weighted by atomic mass is 10.1. The maximum absolute atomic E-state index is 12.3. The maximum Gasteiger partial charge on any atom is 0.255 e. The largest absolute Gasteiger partial charge is 0.488 e.